The third kappa shape index (κ3) is 3.12. The molecule has 7 heteroatoms. The fourth-order valence-corrected chi connectivity index (χ4v) is 4.53. The van der Waals surface area contributed by atoms with Crippen LogP contribution in [-0.2, 0) is 20.0 Å². The fraction of sp³-hybridized carbons (Fsp3) is 0.333. The van der Waals surface area contributed by atoms with Crippen molar-refractivity contribution >= 4 is 11.6 Å². The van der Waals surface area contributed by atoms with E-state index in [1.54, 1.807) is 11.4 Å². The first-order chi connectivity index (χ1) is 14.8. The Bertz CT molecular complexity index is 1400. The Morgan fingerprint density at radius 1 is 1.06 bits per heavy atom. The van der Waals surface area contributed by atoms with Gasteiger partial charge in [0.25, 0.3) is 5.78 Å². The summed E-state index contributed by atoms with van der Waals surface area (Å²) in [5, 5.41) is 4.30. The molecule has 1 aliphatic rings. The normalized spacial score (nSPS) is 13.6. The Morgan fingerprint density at radius 2 is 1.87 bits per heavy atom. The molecule has 7 nitrogen and oxygen atoms in total. The molecule has 158 valence electrons. The molecular formula is C24H26N6O. The first kappa shape index (κ1) is 19.5. The molecule has 31 heavy (non-hydrogen) atoms. The SMILES string of the molecule is Cc1ccc(-c2cnc3c(c2)CN(c2nc4nn(C)c(=O)n4c(C)c2C)CC3)c(C)c1. The van der Waals surface area contributed by atoms with Crippen LogP contribution in [0.2, 0.25) is 0 Å². The molecule has 0 aliphatic carbocycles. The molecule has 0 unspecified atom stereocenters. The van der Waals surface area contributed by atoms with E-state index in [-0.39, 0.29) is 5.69 Å². The summed E-state index contributed by atoms with van der Waals surface area (Å²) in [6, 6.07) is 8.80. The Kier molecular flexibility index (Phi) is 4.43. The maximum absolute atomic E-state index is 12.4. The van der Waals surface area contributed by atoms with Crippen LogP contribution in [0, 0.1) is 27.7 Å². The van der Waals surface area contributed by atoms with Gasteiger partial charge in [0, 0.05) is 55.3 Å². The zero-order valence-electron chi connectivity index (χ0n) is 18.6. The van der Waals surface area contributed by atoms with Crippen LogP contribution in [0.25, 0.3) is 16.9 Å². The summed E-state index contributed by atoms with van der Waals surface area (Å²) < 4.78 is 2.92. The summed E-state index contributed by atoms with van der Waals surface area (Å²) in [7, 11) is 1.66. The lowest BCUT2D eigenvalue weighted by Gasteiger charge is -2.31. The molecule has 0 saturated carbocycles. The Morgan fingerprint density at radius 3 is 2.65 bits per heavy atom. The summed E-state index contributed by atoms with van der Waals surface area (Å²) in [6.45, 7) is 9.81. The number of aryl methyl sites for hydroxylation is 4. The molecule has 0 atom stereocenters. The number of hydrogen-bond donors (Lipinski definition) is 0. The molecule has 3 aromatic heterocycles. The zero-order valence-corrected chi connectivity index (χ0v) is 18.6. The van der Waals surface area contributed by atoms with Crippen molar-refractivity contribution < 1.29 is 0 Å². The predicted molar refractivity (Wildman–Crippen MR) is 122 cm³/mol. The van der Waals surface area contributed by atoms with Crippen LogP contribution in [0.5, 0.6) is 0 Å². The summed E-state index contributed by atoms with van der Waals surface area (Å²) in [4.78, 5) is 24.2. The van der Waals surface area contributed by atoms with E-state index in [1.807, 2.05) is 20.0 Å². The number of pyridine rings is 1. The molecule has 4 aromatic rings. The number of anilines is 1. The lowest BCUT2D eigenvalue weighted by molar-refractivity contribution is 0.698. The van der Waals surface area contributed by atoms with Crippen molar-refractivity contribution in [2.24, 2.45) is 7.05 Å². The van der Waals surface area contributed by atoms with Gasteiger partial charge in [0.2, 0.25) is 0 Å². The maximum atomic E-state index is 12.4. The minimum atomic E-state index is -0.166. The number of aromatic nitrogens is 5. The van der Waals surface area contributed by atoms with Crippen LogP contribution in [0.4, 0.5) is 5.82 Å². The minimum absolute atomic E-state index is 0.166. The van der Waals surface area contributed by atoms with E-state index in [2.05, 4.69) is 48.1 Å². The maximum Gasteiger partial charge on any atom is 0.351 e. The Labute approximate surface area is 181 Å². The monoisotopic (exact) mass is 414 g/mol. The largest absolute Gasteiger partial charge is 0.351 e. The highest BCUT2D eigenvalue weighted by Gasteiger charge is 2.23. The quantitative estimate of drug-likeness (QED) is 0.504. The predicted octanol–water partition coefficient (Wildman–Crippen LogP) is 3.29. The van der Waals surface area contributed by atoms with Gasteiger partial charge in [0.1, 0.15) is 5.82 Å². The highest BCUT2D eigenvalue weighted by atomic mass is 16.2. The second-order valence-corrected chi connectivity index (χ2v) is 8.51. The van der Waals surface area contributed by atoms with Gasteiger partial charge in [-0.3, -0.25) is 4.98 Å². The molecule has 0 spiro atoms. The summed E-state index contributed by atoms with van der Waals surface area (Å²) in [6.07, 6.45) is 2.86. The first-order valence-corrected chi connectivity index (χ1v) is 10.6. The van der Waals surface area contributed by atoms with Crippen molar-refractivity contribution in [1.29, 1.82) is 0 Å². The van der Waals surface area contributed by atoms with E-state index in [0.717, 1.165) is 47.8 Å². The Hall–Kier alpha value is -3.48. The lowest BCUT2D eigenvalue weighted by Crippen LogP contribution is -2.33. The number of rotatable bonds is 2. The third-order valence-electron chi connectivity index (χ3n) is 6.36. The van der Waals surface area contributed by atoms with Crippen molar-refractivity contribution in [2.75, 3.05) is 11.4 Å². The van der Waals surface area contributed by atoms with E-state index in [4.69, 9.17) is 9.97 Å². The number of fused-ring (bicyclic) bond motifs is 2. The van der Waals surface area contributed by atoms with Crippen LogP contribution >= 0.6 is 0 Å². The standard InChI is InChI=1S/C24H26N6O/c1-14-6-7-20(15(2)10-14)18-11-19-13-29(9-8-21(19)25-12-18)22-16(3)17(4)30-23(26-22)27-28(5)24(30)31/h6-7,10-12H,8-9,13H2,1-5H3. The molecule has 0 amide bonds. The number of nitrogens with zero attached hydrogens (tertiary/aromatic N) is 6. The van der Waals surface area contributed by atoms with Gasteiger partial charge in [0.15, 0.2) is 0 Å². The molecule has 0 saturated heterocycles. The van der Waals surface area contributed by atoms with Gasteiger partial charge < -0.3 is 4.90 Å². The summed E-state index contributed by atoms with van der Waals surface area (Å²) in [5.74, 6) is 1.33. The van der Waals surface area contributed by atoms with Crippen LogP contribution in [0.3, 0.4) is 0 Å². The first-order valence-electron chi connectivity index (χ1n) is 10.6. The van der Waals surface area contributed by atoms with Crippen LogP contribution in [-0.4, -0.2) is 30.7 Å². The molecule has 0 bridgehead atoms. The molecular weight excluding hydrogens is 388 g/mol. The molecule has 1 aliphatic heterocycles. The lowest BCUT2D eigenvalue weighted by atomic mass is 9.96. The minimum Gasteiger partial charge on any atom is -0.351 e. The summed E-state index contributed by atoms with van der Waals surface area (Å²) in [5.41, 5.74) is 8.97. The highest BCUT2D eigenvalue weighted by Crippen LogP contribution is 2.30. The van der Waals surface area contributed by atoms with E-state index in [0.29, 0.717) is 5.78 Å². The molecule has 5 rings (SSSR count). The smallest absolute Gasteiger partial charge is 0.351 e. The van der Waals surface area contributed by atoms with Crippen molar-refractivity contribution in [2.45, 2.75) is 40.7 Å². The topological polar surface area (TPSA) is 68.3 Å². The second kappa shape index (κ2) is 7.04. The Balaban J connectivity index is 1.55. The molecule has 0 N–H and O–H groups in total. The average Bonchev–Trinajstić information content (AvgIpc) is 3.03. The number of benzene rings is 1. The van der Waals surface area contributed by atoms with Crippen molar-refractivity contribution in [3.63, 3.8) is 0 Å². The van der Waals surface area contributed by atoms with Crippen LogP contribution in [0.15, 0.2) is 35.3 Å². The molecule has 0 radical (unpaired) electrons. The van der Waals surface area contributed by atoms with Crippen LogP contribution in [0.1, 0.15) is 33.6 Å². The van der Waals surface area contributed by atoms with Gasteiger partial charge in [-0.2, -0.15) is 4.98 Å². The third-order valence-corrected chi connectivity index (χ3v) is 6.36. The molecule has 0 fully saturated rings. The average molecular weight is 415 g/mol. The van der Waals surface area contributed by atoms with Crippen molar-refractivity contribution in [3.05, 3.63) is 74.6 Å². The molecule has 4 heterocycles. The van der Waals surface area contributed by atoms with E-state index in [9.17, 15) is 4.79 Å². The summed E-state index contributed by atoms with van der Waals surface area (Å²) >= 11 is 0. The van der Waals surface area contributed by atoms with Crippen LogP contribution < -0.4 is 10.6 Å². The van der Waals surface area contributed by atoms with E-state index >= 15 is 0 Å². The van der Waals surface area contributed by atoms with E-state index < -0.39 is 0 Å². The van der Waals surface area contributed by atoms with Crippen molar-refractivity contribution in [3.8, 4) is 11.1 Å². The second-order valence-electron chi connectivity index (χ2n) is 8.51. The van der Waals surface area contributed by atoms with Crippen molar-refractivity contribution in [1.82, 2.24) is 24.1 Å². The van der Waals surface area contributed by atoms with Gasteiger partial charge >= 0.3 is 5.69 Å². The van der Waals surface area contributed by atoms with Gasteiger partial charge in [0.05, 0.1) is 0 Å². The van der Waals surface area contributed by atoms with Gasteiger partial charge in [-0.15, -0.1) is 5.10 Å². The van der Waals surface area contributed by atoms with E-state index in [1.165, 1.54) is 26.9 Å². The zero-order chi connectivity index (χ0) is 21.9. The van der Waals surface area contributed by atoms with Gasteiger partial charge in [-0.1, -0.05) is 23.8 Å². The van der Waals surface area contributed by atoms with Gasteiger partial charge in [-0.05, 0) is 50.5 Å². The highest BCUT2D eigenvalue weighted by molar-refractivity contribution is 5.68. The number of hydrogen-bond acceptors (Lipinski definition) is 5. The molecule has 1 aromatic carbocycles. The van der Waals surface area contributed by atoms with Gasteiger partial charge in [-0.25, -0.2) is 13.9 Å². The fourth-order valence-electron chi connectivity index (χ4n) is 4.53.